The first-order chi connectivity index (χ1) is 14.7. The molecule has 0 bridgehead atoms. The molecule has 0 heterocycles. The van der Waals surface area contributed by atoms with E-state index in [9.17, 15) is 17.6 Å². The Morgan fingerprint density at radius 1 is 1.19 bits per heavy atom. The molecule has 0 spiro atoms. The summed E-state index contributed by atoms with van der Waals surface area (Å²) >= 11 is 0. The normalized spacial score (nSPS) is 19.1. The highest BCUT2D eigenvalue weighted by Crippen LogP contribution is 2.29. The molecule has 31 heavy (non-hydrogen) atoms. The number of sulfonamides is 1. The van der Waals surface area contributed by atoms with Crippen molar-refractivity contribution >= 4 is 15.9 Å². The van der Waals surface area contributed by atoms with E-state index in [-0.39, 0.29) is 34.7 Å². The third-order valence-corrected chi connectivity index (χ3v) is 7.34. The Bertz CT molecular complexity index is 1040. The third-order valence-electron chi connectivity index (χ3n) is 5.83. The van der Waals surface area contributed by atoms with Crippen LogP contribution in [0.1, 0.15) is 48.5 Å². The lowest BCUT2D eigenvalue weighted by molar-refractivity contribution is 0.0783. The molecule has 3 rings (SSSR count). The second-order valence-electron chi connectivity index (χ2n) is 8.11. The van der Waals surface area contributed by atoms with Crippen LogP contribution in [0, 0.1) is 11.7 Å². The van der Waals surface area contributed by atoms with Crippen LogP contribution in [-0.4, -0.2) is 39.4 Å². The number of halogens is 1. The predicted molar refractivity (Wildman–Crippen MR) is 117 cm³/mol. The van der Waals surface area contributed by atoms with Crippen molar-refractivity contribution in [2.75, 3.05) is 14.2 Å². The Hall–Kier alpha value is -2.45. The number of ether oxygens (including phenoxy) is 1. The van der Waals surface area contributed by atoms with Crippen LogP contribution >= 0.6 is 0 Å². The summed E-state index contributed by atoms with van der Waals surface area (Å²) in [6.45, 7) is 2.11. The van der Waals surface area contributed by atoms with Gasteiger partial charge in [-0.25, -0.2) is 17.5 Å². The Kier molecular flexibility index (Phi) is 7.33. The van der Waals surface area contributed by atoms with Crippen molar-refractivity contribution in [3.63, 3.8) is 0 Å². The summed E-state index contributed by atoms with van der Waals surface area (Å²) in [5, 5.41) is 0. The van der Waals surface area contributed by atoms with Crippen LogP contribution in [0.2, 0.25) is 0 Å². The van der Waals surface area contributed by atoms with E-state index in [1.54, 1.807) is 25.2 Å². The topological polar surface area (TPSA) is 75.7 Å². The first-order valence-electron chi connectivity index (χ1n) is 10.4. The summed E-state index contributed by atoms with van der Waals surface area (Å²) in [5.41, 5.74) is 0.573. The highest BCUT2D eigenvalue weighted by atomic mass is 32.2. The molecule has 0 radical (unpaired) electrons. The van der Waals surface area contributed by atoms with Crippen LogP contribution in [0.25, 0.3) is 0 Å². The Labute approximate surface area is 183 Å². The predicted octanol–water partition coefficient (Wildman–Crippen LogP) is 3.96. The lowest BCUT2D eigenvalue weighted by Crippen LogP contribution is -2.41. The molecule has 0 aromatic heterocycles. The molecule has 0 aliphatic heterocycles. The fourth-order valence-electron chi connectivity index (χ4n) is 3.95. The van der Waals surface area contributed by atoms with Gasteiger partial charge in [-0.15, -0.1) is 0 Å². The van der Waals surface area contributed by atoms with E-state index in [0.717, 1.165) is 25.7 Å². The summed E-state index contributed by atoms with van der Waals surface area (Å²) in [4.78, 5) is 14.2. The molecule has 8 heteroatoms. The highest BCUT2D eigenvalue weighted by Gasteiger charge is 2.29. The minimum absolute atomic E-state index is 0.0669. The lowest BCUT2D eigenvalue weighted by Gasteiger charge is -2.29. The number of nitrogens with one attached hydrogen (secondary N) is 1. The summed E-state index contributed by atoms with van der Waals surface area (Å²) in [6.07, 6.45) is 3.84. The van der Waals surface area contributed by atoms with E-state index in [4.69, 9.17) is 4.74 Å². The van der Waals surface area contributed by atoms with Crippen LogP contribution in [0.4, 0.5) is 4.39 Å². The van der Waals surface area contributed by atoms with E-state index >= 15 is 0 Å². The van der Waals surface area contributed by atoms with E-state index in [1.807, 2.05) is 6.92 Å². The van der Waals surface area contributed by atoms with Gasteiger partial charge in [0, 0.05) is 30.8 Å². The summed E-state index contributed by atoms with van der Waals surface area (Å²) in [6, 6.07) is 10.4. The van der Waals surface area contributed by atoms with E-state index in [2.05, 4.69) is 4.72 Å². The third kappa shape index (κ3) is 5.43. The van der Waals surface area contributed by atoms with Crippen LogP contribution in [-0.2, 0) is 16.6 Å². The maximum atomic E-state index is 13.9. The van der Waals surface area contributed by atoms with Crippen LogP contribution in [0.15, 0.2) is 47.4 Å². The number of nitrogens with zero attached hydrogens (tertiary/aromatic N) is 1. The van der Waals surface area contributed by atoms with E-state index in [0.29, 0.717) is 5.56 Å². The molecule has 1 amide bonds. The van der Waals surface area contributed by atoms with Gasteiger partial charge < -0.3 is 9.64 Å². The van der Waals surface area contributed by atoms with Crippen molar-refractivity contribution in [2.45, 2.75) is 50.1 Å². The number of amides is 1. The van der Waals surface area contributed by atoms with Gasteiger partial charge >= 0.3 is 0 Å². The van der Waals surface area contributed by atoms with Gasteiger partial charge in [0.05, 0.1) is 7.11 Å². The molecule has 1 aliphatic rings. The SMILES string of the molecule is COc1ccc(C(=O)N(C)Cc2ccccc2F)cc1S(=O)(=O)NC1CCCCC1C. The monoisotopic (exact) mass is 448 g/mol. The Morgan fingerprint density at radius 3 is 2.58 bits per heavy atom. The lowest BCUT2D eigenvalue weighted by atomic mass is 9.87. The molecule has 1 aliphatic carbocycles. The van der Waals surface area contributed by atoms with Gasteiger partial charge in [-0.2, -0.15) is 0 Å². The standard InChI is InChI=1S/C23H29FN2O4S/c1-16-8-4-7-11-20(16)25-31(28,29)22-14-17(12-13-21(22)30-3)23(27)26(2)15-18-9-5-6-10-19(18)24/h5-6,9-10,12-14,16,20,25H,4,7-8,11,15H2,1-3H3. The maximum absolute atomic E-state index is 13.9. The second-order valence-corrected chi connectivity index (χ2v) is 9.79. The fourth-order valence-corrected chi connectivity index (χ4v) is 5.52. The Morgan fingerprint density at radius 2 is 1.90 bits per heavy atom. The maximum Gasteiger partial charge on any atom is 0.253 e. The van der Waals surface area contributed by atoms with Crippen LogP contribution in [0.5, 0.6) is 5.75 Å². The van der Waals surface area contributed by atoms with Gasteiger partial charge in [0.25, 0.3) is 5.91 Å². The largest absolute Gasteiger partial charge is 0.495 e. The van der Waals surface area contributed by atoms with Gasteiger partial charge in [0.1, 0.15) is 16.5 Å². The summed E-state index contributed by atoms with van der Waals surface area (Å²) in [5.74, 6) is -0.394. The smallest absolute Gasteiger partial charge is 0.253 e. The number of hydrogen-bond donors (Lipinski definition) is 1. The quantitative estimate of drug-likeness (QED) is 0.696. The zero-order valence-electron chi connectivity index (χ0n) is 18.1. The van der Waals surface area contributed by atoms with Gasteiger partial charge in [-0.05, 0) is 43.0 Å². The summed E-state index contributed by atoms with van der Waals surface area (Å²) in [7, 11) is -0.946. The van der Waals surface area contributed by atoms with E-state index in [1.165, 1.54) is 36.3 Å². The number of benzene rings is 2. The van der Waals surface area contributed by atoms with E-state index < -0.39 is 21.7 Å². The van der Waals surface area contributed by atoms with Crippen LogP contribution in [0.3, 0.4) is 0 Å². The van der Waals surface area contributed by atoms with Crippen molar-refractivity contribution in [1.29, 1.82) is 0 Å². The zero-order chi connectivity index (χ0) is 22.6. The van der Waals surface area contributed by atoms with Crippen LogP contribution < -0.4 is 9.46 Å². The number of methoxy groups -OCH3 is 1. The molecular weight excluding hydrogens is 419 g/mol. The fraction of sp³-hybridized carbons (Fsp3) is 0.435. The molecule has 6 nitrogen and oxygen atoms in total. The average Bonchev–Trinajstić information content (AvgIpc) is 2.75. The van der Waals surface area contributed by atoms with Gasteiger partial charge in [-0.3, -0.25) is 4.79 Å². The van der Waals surface area contributed by atoms with Crippen molar-refractivity contribution < 1.29 is 22.3 Å². The van der Waals surface area contributed by atoms with Crippen molar-refractivity contribution in [3.05, 3.63) is 59.4 Å². The number of rotatable bonds is 7. The molecule has 2 aromatic carbocycles. The number of carbonyl (C=O) groups excluding carboxylic acids is 1. The van der Waals surface area contributed by atoms with Gasteiger partial charge in [-0.1, -0.05) is 38.0 Å². The molecule has 2 aromatic rings. The molecule has 2 unspecified atom stereocenters. The zero-order valence-corrected chi connectivity index (χ0v) is 18.9. The Balaban J connectivity index is 1.85. The summed E-state index contributed by atoms with van der Waals surface area (Å²) < 4.78 is 48.3. The molecule has 1 fully saturated rings. The van der Waals surface area contributed by atoms with Gasteiger partial charge in [0.15, 0.2) is 0 Å². The minimum Gasteiger partial charge on any atom is -0.495 e. The first kappa shape index (κ1) is 23.2. The molecular formula is C23H29FN2O4S. The highest BCUT2D eigenvalue weighted by molar-refractivity contribution is 7.89. The molecule has 2 atom stereocenters. The number of carbonyl (C=O) groups is 1. The molecule has 0 saturated heterocycles. The average molecular weight is 449 g/mol. The first-order valence-corrected chi connectivity index (χ1v) is 11.9. The van der Waals surface area contributed by atoms with Gasteiger partial charge in [0.2, 0.25) is 10.0 Å². The second kappa shape index (κ2) is 9.78. The van der Waals surface area contributed by atoms with Crippen molar-refractivity contribution in [2.24, 2.45) is 5.92 Å². The van der Waals surface area contributed by atoms with Crippen molar-refractivity contribution in [3.8, 4) is 5.75 Å². The molecule has 1 N–H and O–H groups in total. The number of hydrogen-bond acceptors (Lipinski definition) is 4. The van der Waals surface area contributed by atoms with Crippen molar-refractivity contribution in [1.82, 2.24) is 9.62 Å². The molecule has 1 saturated carbocycles. The molecule has 168 valence electrons. The minimum atomic E-state index is -3.89.